The lowest BCUT2D eigenvalue weighted by Crippen LogP contribution is -2.26. The average Bonchev–Trinajstić information content (AvgIpc) is 2.59. The standard InChI is InChI=1S/C13H15NO/c1-9(2)7-13(15)12-8-10-5-3-4-6-11(10)14-12/h3-6,12,14H,1,7-8H2,2H3. The number of allylic oxidation sites excluding steroid dienone is 1. The zero-order chi connectivity index (χ0) is 10.8. The van der Waals surface area contributed by atoms with Crippen molar-refractivity contribution in [1.29, 1.82) is 0 Å². The molecule has 0 saturated carbocycles. The van der Waals surface area contributed by atoms with Crippen molar-refractivity contribution in [2.75, 3.05) is 5.32 Å². The minimum absolute atomic E-state index is 0.0564. The van der Waals surface area contributed by atoms with Gasteiger partial charge in [-0.3, -0.25) is 4.79 Å². The topological polar surface area (TPSA) is 29.1 Å². The highest BCUT2D eigenvalue weighted by Gasteiger charge is 2.25. The van der Waals surface area contributed by atoms with Gasteiger partial charge in [0.15, 0.2) is 5.78 Å². The molecule has 1 aliphatic rings. The average molecular weight is 201 g/mol. The summed E-state index contributed by atoms with van der Waals surface area (Å²) in [6, 6.07) is 8.02. The number of carbonyl (C=O) groups is 1. The Morgan fingerprint density at radius 3 is 2.93 bits per heavy atom. The minimum Gasteiger partial charge on any atom is -0.375 e. The van der Waals surface area contributed by atoms with Crippen LogP contribution in [0.15, 0.2) is 36.4 Å². The van der Waals surface area contributed by atoms with E-state index in [2.05, 4.69) is 18.0 Å². The molecule has 1 aromatic rings. The molecule has 0 amide bonds. The molecule has 0 radical (unpaired) electrons. The quantitative estimate of drug-likeness (QED) is 0.761. The highest BCUT2D eigenvalue weighted by Crippen LogP contribution is 2.26. The number of Topliss-reactive ketones (excluding diaryl/α,β-unsaturated/α-hetero) is 1. The third-order valence-electron chi connectivity index (χ3n) is 2.64. The van der Waals surface area contributed by atoms with Crippen LogP contribution in [0.2, 0.25) is 0 Å². The number of fused-ring (bicyclic) bond motifs is 1. The summed E-state index contributed by atoms with van der Waals surface area (Å²) in [5.41, 5.74) is 3.26. The van der Waals surface area contributed by atoms with Gasteiger partial charge in [0.2, 0.25) is 0 Å². The Hall–Kier alpha value is -1.57. The van der Waals surface area contributed by atoms with Crippen LogP contribution in [0.3, 0.4) is 0 Å². The van der Waals surface area contributed by atoms with Crippen LogP contribution >= 0.6 is 0 Å². The van der Waals surface area contributed by atoms with Gasteiger partial charge in [-0.15, -0.1) is 0 Å². The van der Waals surface area contributed by atoms with Gasteiger partial charge in [0.1, 0.15) is 0 Å². The fourth-order valence-corrected chi connectivity index (χ4v) is 1.91. The predicted octanol–water partition coefficient (Wildman–Crippen LogP) is 2.56. The molecule has 1 aromatic carbocycles. The Morgan fingerprint density at radius 2 is 2.27 bits per heavy atom. The maximum Gasteiger partial charge on any atom is 0.159 e. The lowest BCUT2D eigenvalue weighted by molar-refractivity contribution is -0.119. The van der Waals surface area contributed by atoms with Crippen LogP contribution in [0.4, 0.5) is 5.69 Å². The molecule has 1 N–H and O–H groups in total. The zero-order valence-electron chi connectivity index (χ0n) is 8.92. The van der Waals surface area contributed by atoms with E-state index in [0.29, 0.717) is 6.42 Å². The smallest absolute Gasteiger partial charge is 0.159 e. The van der Waals surface area contributed by atoms with Crippen LogP contribution in [0.25, 0.3) is 0 Å². The molecule has 1 aliphatic heterocycles. The molecule has 0 spiro atoms. The van der Waals surface area contributed by atoms with E-state index in [1.54, 1.807) is 0 Å². The highest BCUT2D eigenvalue weighted by molar-refractivity contribution is 5.90. The fourth-order valence-electron chi connectivity index (χ4n) is 1.91. The Labute approximate surface area is 90.0 Å². The molecule has 1 unspecified atom stereocenters. The first-order chi connectivity index (χ1) is 7.16. The van der Waals surface area contributed by atoms with E-state index >= 15 is 0 Å². The van der Waals surface area contributed by atoms with Crippen molar-refractivity contribution in [3.05, 3.63) is 42.0 Å². The number of nitrogens with one attached hydrogen (secondary N) is 1. The Bertz CT molecular complexity index is 384. The summed E-state index contributed by atoms with van der Waals surface area (Å²) in [5, 5.41) is 3.25. The van der Waals surface area contributed by atoms with E-state index in [0.717, 1.165) is 17.7 Å². The first-order valence-corrected chi connectivity index (χ1v) is 5.18. The number of hydrogen-bond donors (Lipinski definition) is 1. The summed E-state index contributed by atoms with van der Waals surface area (Å²) >= 11 is 0. The minimum atomic E-state index is -0.0564. The van der Waals surface area contributed by atoms with Gasteiger partial charge >= 0.3 is 0 Å². The zero-order valence-corrected chi connectivity index (χ0v) is 8.92. The largest absolute Gasteiger partial charge is 0.375 e. The molecule has 78 valence electrons. The molecule has 2 nitrogen and oxygen atoms in total. The third-order valence-corrected chi connectivity index (χ3v) is 2.64. The van der Waals surface area contributed by atoms with Gasteiger partial charge in [0.25, 0.3) is 0 Å². The molecule has 2 heteroatoms. The van der Waals surface area contributed by atoms with Gasteiger partial charge in [-0.25, -0.2) is 0 Å². The molecule has 0 aliphatic carbocycles. The molecular weight excluding hydrogens is 186 g/mol. The predicted molar refractivity (Wildman–Crippen MR) is 62.0 cm³/mol. The van der Waals surface area contributed by atoms with Crippen molar-refractivity contribution in [2.45, 2.75) is 25.8 Å². The van der Waals surface area contributed by atoms with Crippen LogP contribution in [0, 0.1) is 0 Å². The van der Waals surface area contributed by atoms with Crippen molar-refractivity contribution in [3.63, 3.8) is 0 Å². The lowest BCUT2D eigenvalue weighted by Gasteiger charge is -2.09. The van der Waals surface area contributed by atoms with Crippen molar-refractivity contribution in [2.24, 2.45) is 0 Å². The summed E-state index contributed by atoms with van der Waals surface area (Å²) in [5.74, 6) is 0.235. The Morgan fingerprint density at radius 1 is 1.53 bits per heavy atom. The summed E-state index contributed by atoms with van der Waals surface area (Å²) < 4.78 is 0. The Kier molecular flexibility index (Phi) is 2.58. The van der Waals surface area contributed by atoms with Crippen LogP contribution in [-0.2, 0) is 11.2 Å². The van der Waals surface area contributed by atoms with E-state index in [9.17, 15) is 4.79 Å². The van der Waals surface area contributed by atoms with Gasteiger partial charge in [0.05, 0.1) is 6.04 Å². The van der Waals surface area contributed by atoms with Crippen LogP contribution < -0.4 is 5.32 Å². The first kappa shape index (κ1) is 9.97. The lowest BCUT2D eigenvalue weighted by atomic mass is 10.0. The van der Waals surface area contributed by atoms with Gasteiger partial charge in [-0.2, -0.15) is 0 Å². The summed E-state index contributed by atoms with van der Waals surface area (Å²) in [6.07, 6.45) is 1.29. The number of para-hydroxylation sites is 1. The number of carbonyl (C=O) groups excluding carboxylic acids is 1. The van der Waals surface area contributed by atoms with Gasteiger partial charge in [-0.05, 0) is 18.6 Å². The normalized spacial score (nSPS) is 18.1. The second-order valence-corrected chi connectivity index (χ2v) is 4.16. The van der Waals surface area contributed by atoms with Crippen molar-refractivity contribution in [3.8, 4) is 0 Å². The molecule has 1 atom stereocenters. The molecule has 0 saturated heterocycles. The number of hydrogen-bond acceptors (Lipinski definition) is 2. The van der Waals surface area contributed by atoms with Gasteiger partial charge < -0.3 is 5.32 Å². The Balaban J connectivity index is 2.07. The van der Waals surface area contributed by atoms with E-state index in [-0.39, 0.29) is 11.8 Å². The first-order valence-electron chi connectivity index (χ1n) is 5.18. The summed E-state index contributed by atoms with van der Waals surface area (Å²) in [6.45, 7) is 5.66. The van der Waals surface area contributed by atoms with Gasteiger partial charge in [0, 0.05) is 18.5 Å². The summed E-state index contributed by atoms with van der Waals surface area (Å²) in [4.78, 5) is 11.8. The third kappa shape index (κ3) is 2.09. The fraction of sp³-hybridized carbons (Fsp3) is 0.308. The van der Waals surface area contributed by atoms with Crippen LogP contribution in [0.1, 0.15) is 18.9 Å². The number of ketones is 1. The molecular formula is C13H15NO. The molecule has 0 fully saturated rings. The second-order valence-electron chi connectivity index (χ2n) is 4.16. The molecule has 15 heavy (non-hydrogen) atoms. The monoisotopic (exact) mass is 201 g/mol. The van der Waals surface area contributed by atoms with E-state index < -0.39 is 0 Å². The van der Waals surface area contributed by atoms with E-state index in [4.69, 9.17) is 0 Å². The SMILES string of the molecule is C=C(C)CC(=O)C1Cc2ccccc2N1. The summed E-state index contributed by atoms with van der Waals surface area (Å²) in [7, 11) is 0. The van der Waals surface area contributed by atoms with Crippen molar-refractivity contribution in [1.82, 2.24) is 0 Å². The number of benzene rings is 1. The van der Waals surface area contributed by atoms with Crippen molar-refractivity contribution < 1.29 is 4.79 Å². The maximum atomic E-state index is 11.8. The molecule has 2 rings (SSSR count). The van der Waals surface area contributed by atoms with Crippen LogP contribution in [0.5, 0.6) is 0 Å². The maximum absolute atomic E-state index is 11.8. The van der Waals surface area contributed by atoms with Crippen LogP contribution in [-0.4, -0.2) is 11.8 Å². The second kappa shape index (κ2) is 3.89. The number of rotatable bonds is 3. The molecule has 0 aromatic heterocycles. The molecule has 0 bridgehead atoms. The number of anilines is 1. The van der Waals surface area contributed by atoms with Crippen molar-refractivity contribution >= 4 is 11.5 Å². The highest BCUT2D eigenvalue weighted by atomic mass is 16.1. The van der Waals surface area contributed by atoms with Gasteiger partial charge in [-0.1, -0.05) is 30.4 Å². The van der Waals surface area contributed by atoms with E-state index in [1.807, 2.05) is 25.1 Å². The molecule has 1 heterocycles. The van der Waals surface area contributed by atoms with E-state index in [1.165, 1.54) is 5.56 Å².